The van der Waals surface area contributed by atoms with Gasteiger partial charge < -0.3 is 9.64 Å². The second kappa shape index (κ2) is 17.4. The first-order valence-corrected chi connectivity index (χ1v) is 20.9. The molecular weight excluding hydrogens is 674 g/mol. The molecule has 0 aromatic heterocycles. The van der Waals surface area contributed by atoms with Gasteiger partial charge in [-0.1, -0.05) is 153 Å². The van der Waals surface area contributed by atoms with Gasteiger partial charge in [0.15, 0.2) is 0 Å². The Hall–Kier alpha value is -5.01. The van der Waals surface area contributed by atoms with E-state index in [1.807, 2.05) is 0 Å². The molecule has 0 fully saturated rings. The van der Waals surface area contributed by atoms with E-state index >= 15 is 0 Å². The standard InChI is InChI=1S/C51H55NOP/c1-50(2,40-51(3,4)54(45-26-16-9-17-27-45,46-28-18-10-19-29-46)47-30-20-11-21-31-47)37-36-48(41-22-12-7-13-23-41)49(42-24-14-8-15-25-42)43-32-34-44(35-33-43)53-39-38-52(5)6/h7-37H,38-40H2,1-6H3/q+1/b37-36+,49-48-. The number of nitrogens with zero attached hydrogens (tertiary/aromatic N) is 1. The van der Waals surface area contributed by atoms with Gasteiger partial charge in [0.05, 0.1) is 5.16 Å². The van der Waals surface area contributed by atoms with Gasteiger partial charge >= 0.3 is 0 Å². The average Bonchev–Trinajstić information content (AvgIpc) is 3.18. The van der Waals surface area contributed by atoms with Gasteiger partial charge in [-0.15, -0.1) is 0 Å². The number of hydrogen-bond donors (Lipinski definition) is 0. The van der Waals surface area contributed by atoms with Crippen LogP contribution < -0.4 is 20.7 Å². The Morgan fingerprint density at radius 1 is 0.537 bits per heavy atom. The van der Waals surface area contributed by atoms with E-state index in [1.54, 1.807) is 0 Å². The van der Waals surface area contributed by atoms with E-state index in [-0.39, 0.29) is 10.6 Å². The lowest BCUT2D eigenvalue weighted by atomic mass is 9.81. The normalized spacial score (nSPS) is 12.9. The van der Waals surface area contributed by atoms with Crippen LogP contribution in [0.4, 0.5) is 0 Å². The summed E-state index contributed by atoms with van der Waals surface area (Å²) in [5, 5.41) is 4.14. The molecule has 6 aromatic carbocycles. The molecule has 6 rings (SSSR count). The van der Waals surface area contributed by atoms with Crippen LogP contribution in [0.25, 0.3) is 11.1 Å². The van der Waals surface area contributed by atoms with Crippen molar-refractivity contribution >= 4 is 34.3 Å². The summed E-state index contributed by atoms with van der Waals surface area (Å²) in [6.45, 7) is 11.4. The van der Waals surface area contributed by atoms with Gasteiger partial charge in [0.1, 0.15) is 35.5 Å². The highest BCUT2D eigenvalue weighted by Crippen LogP contribution is 2.68. The molecule has 0 unspecified atom stereocenters. The number of benzene rings is 6. The van der Waals surface area contributed by atoms with Crippen molar-refractivity contribution in [2.45, 2.75) is 39.3 Å². The van der Waals surface area contributed by atoms with Crippen molar-refractivity contribution in [2.24, 2.45) is 5.41 Å². The molecule has 0 spiro atoms. The van der Waals surface area contributed by atoms with E-state index in [1.165, 1.54) is 38.2 Å². The third-order valence-electron chi connectivity index (χ3n) is 10.3. The minimum absolute atomic E-state index is 0.105. The zero-order chi connectivity index (χ0) is 38.0. The zero-order valence-electron chi connectivity index (χ0n) is 32.8. The lowest BCUT2D eigenvalue weighted by Crippen LogP contribution is -2.46. The van der Waals surface area contributed by atoms with E-state index in [0.29, 0.717) is 6.61 Å². The molecule has 0 saturated heterocycles. The fraction of sp³-hybridized carbons (Fsp3) is 0.216. The maximum absolute atomic E-state index is 6.10. The first-order valence-electron chi connectivity index (χ1n) is 19.1. The van der Waals surface area contributed by atoms with Gasteiger partial charge in [-0.2, -0.15) is 0 Å². The maximum atomic E-state index is 6.10. The van der Waals surface area contributed by atoms with Crippen LogP contribution in [-0.2, 0) is 0 Å². The van der Waals surface area contributed by atoms with Gasteiger partial charge in [0.2, 0.25) is 0 Å². The Morgan fingerprint density at radius 2 is 0.944 bits per heavy atom. The van der Waals surface area contributed by atoms with Gasteiger partial charge in [0, 0.05) is 6.54 Å². The summed E-state index contributed by atoms with van der Waals surface area (Å²) >= 11 is 0. The molecular formula is C51H55NOP+. The predicted octanol–water partition coefficient (Wildman–Crippen LogP) is 11.3. The fourth-order valence-corrected chi connectivity index (χ4v) is 13.6. The predicted molar refractivity (Wildman–Crippen MR) is 236 cm³/mol. The Labute approximate surface area is 325 Å². The maximum Gasteiger partial charge on any atom is 0.119 e. The molecule has 0 bridgehead atoms. The fourth-order valence-electron chi connectivity index (χ4n) is 8.14. The molecule has 0 saturated carbocycles. The minimum atomic E-state index is -2.15. The van der Waals surface area contributed by atoms with Crippen LogP contribution in [0.5, 0.6) is 5.75 Å². The molecule has 0 aliphatic carbocycles. The molecule has 6 aromatic rings. The van der Waals surface area contributed by atoms with E-state index in [9.17, 15) is 0 Å². The van der Waals surface area contributed by atoms with E-state index < -0.39 is 7.26 Å². The Balaban J connectivity index is 1.47. The van der Waals surface area contributed by atoms with E-state index in [2.05, 4.69) is 235 Å². The Bertz CT molecular complexity index is 2010. The molecule has 0 aliphatic rings. The number of hydrogen-bond acceptors (Lipinski definition) is 2. The molecule has 3 heteroatoms. The Morgan fingerprint density at radius 3 is 1.39 bits per heavy atom. The van der Waals surface area contributed by atoms with Gasteiger partial charge in [-0.25, -0.2) is 0 Å². The van der Waals surface area contributed by atoms with Crippen LogP contribution in [0.3, 0.4) is 0 Å². The smallest absolute Gasteiger partial charge is 0.119 e. The summed E-state index contributed by atoms with van der Waals surface area (Å²) in [6, 6.07) is 64.1. The van der Waals surface area contributed by atoms with Gasteiger partial charge in [-0.05, 0) is 116 Å². The van der Waals surface area contributed by atoms with Crippen LogP contribution in [-0.4, -0.2) is 37.3 Å². The molecule has 0 aliphatic heterocycles. The van der Waals surface area contributed by atoms with Crippen molar-refractivity contribution < 1.29 is 4.74 Å². The molecule has 0 atom stereocenters. The second-order valence-electron chi connectivity index (χ2n) is 15.7. The van der Waals surface area contributed by atoms with Crippen molar-refractivity contribution in [3.8, 4) is 5.75 Å². The Kier molecular flexibility index (Phi) is 12.5. The SMILES string of the molecule is CN(C)CCOc1ccc(/C(=C(/C=C/C(C)(C)CC(C)(C)[P+](c2ccccc2)(c2ccccc2)c2ccccc2)c2ccccc2)c2ccccc2)cc1. The number of ether oxygens (including phenoxy) is 1. The van der Waals surface area contributed by atoms with Gasteiger partial charge in [0.25, 0.3) is 0 Å². The molecule has 2 nitrogen and oxygen atoms in total. The van der Waals surface area contributed by atoms with Crippen molar-refractivity contribution in [3.05, 3.63) is 205 Å². The van der Waals surface area contributed by atoms with Crippen LogP contribution in [0, 0.1) is 5.41 Å². The van der Waals surface area contributed by atoms with E-state index in [4.69, 9.17) is 4.74 Å². The first-order chi connectivity index (χ1) is 26.1. The highest BCUT2D eigenvalue weighted by atomic mass is 31.2. The van der Waals surface area contributed by atoms with Crippen LogP contribution in [0.2, 0.25) is 0 Å². The molecule has 0 amide bonds. The minimum Gasteiger partial charge on any atom is -0.492 e. The quantitative estimate of drug-likeness (QED) is 0.0593. The lowest BCUT2D eigenvalue weighted by Gasteiger charge is -2.43. The van der Waals surface area contributed by atoms with Crippen molar-refractivity contribution in [1.82, 2.24) is 4.90 Å². The topological polar surface area (TPSA) is 12.5 Å². The lowest BCUT2D eigenvalue weighted by molar-refractivity contribution is 0.261. The summed E-state index contributed by atoms with van der Waals surface area (Å²) in [5.41, 5.74) is 5.78. The van der Waals surface area contributed by atoms with Crippen LogP contribution in [0.1, 0.15) is 50.8 Å². The monoisotopic (exact) mass is 728 g/mol. The summed E-state index contributed by atoms with van der Waals surface area (Å²) in [6.07, 6.45) is 5.84. The average molecular weight is 729 g/mol. The molecule has 0 heterocycles. The molecule has 0 radical (unpaired) electrons. The highest BCUT2D eigenvalue weighted by molar-refractivity contribution is 7.96. The number of allylic oxidation sites excluding steroid dienone is 3. The van der Waals surface area contributed by atoms with Crippen LogP contribution >= 0.6 is 7.26 Å². The molecule has 54 heavy (non-hydrogen) atoms. The van der Waals surface area contributed by atoms with Crippen LogP contribution in [0.15, 0.2) is 188 Å². The molecule has 274 valence electrons. The molecule has 0 N–H and O–H groups in total. The number of likely N-dealkylation sites (N-methyl/N-ethyl adjacent to an activating group) is 1. The van der Waals surface area contributed by atoms with Crippen molar-refractivity contribution in [3.63, 3.8) is 0 Å². The second-order valence-corrected chi connectivity index (χ2v) is 19.8. The summed E-state index contributed by atoms with van der Waals surface area (Å²) < 4.78 is 6.10. The summed E-state index contributed by atoms with van der Waals surface area (Å²) in [5.74, 6) is 0.884. The van der Waals surface area contributed by atoms with Crippen molar-refractivity contribution in [2.75, 3.05) is 27.2 Å². The highest BCUT2D eigenvalue weighted by Gasteiger charge is 2.58. The van der Waals surface area contributed by atoms with Crippen molar-refractivity contribution in [1.29, 1.82) is 0 Å². The number of rotatable bonds is 15. The van der Waals surface area contributed by atoms with Gasteiger partial charge in [-0.3, -0.25) is 0 Å². The summed E-state index contributed by atoms with van der Waals surface area (Å²) in [7, 11) is 1.98. The zero-order valence-corrected chi connectivity index (χ0v) is 33.7. The third kappa shape index (κ3) is 8.85. The van der Waals surface area contributed by atoms with E-state index in [0.717, 1.165) is 24.3 Å². The largest absolute Gasteiger partial charge is 0.492 e. The first kappa shape index (κ1) is 38.7. The summed E-state index contributed by atoms with van der Waals surface area (Å²) in [4.78, 5) is 2.14. The third-order valence-corrected chi connectivity index (χ3v) is 15.5.